The maximum Gasteiger partial charge on any atom is 0.257 e. The Morgan fingerprint density at radius 1 is 1.08 bits per heavy atom. The topological polar surface area (TPSA) is 119 Å². The number of hydrogen-bond donors (Lipinski definition) is 5. The van der Waals surface area contributed by atoms with Crippen LogP contribution in [0.1, 0.15) is 54.9 Å². The van der Waals surface area contributed by atoms with E-state index in [1.807, 2.05) is 19.1 Å². The van der Waals surface area contributed by atoms with E-state index in [4.69, 9.17) is 17.2 Å². The van der Waals surface area contributed by atoms with E-state index in [9.17, 15) is 4.79 Å². The van der Waals surface area contributed by atoms with Crippen LogP contribution >= 0.6 is 0 Å². The number of carbonyl (C=O) groups is 1. The Balaban J connectivity index is 2.58. The third-order valence-corrected chi connectivity index (χ3v) is 4.06. The fourth-order valence-electron chi connectivity index (χ4n) is 2.56. The molecule has 0 fully saturated rings. The molecule has 8 N–H and O–H groups in total. The van der Waals surface area contributed by atoms with Crippen LogP contribution in [-0.2, 0) is 0 Å². The molecular weight excluding hydrogens is 326 g/mol. The van der Waals surface area contributed by atoms with Gasteiger partial charge in [-0.1, -0.05) is 25.3 Å². The average molecular weight is 360 g/mol. The van der Waals surface area contributed by atoms with E-state index < -0.39 is 0 Å². The average Bonchev–Trinajstić information content (AvgIpc) is 2.60. The first kappa shape index (κ1) is 21.6. The highest BCUT2D eigenvalue weighted by molar-refractivity contribution is 5.97. The van der Waals surface area contributed by atoms with Gasteiger partial charge in [-0.15, -0.1) is 0 Å². The van der Waals surface area contributed by atoms with Crippen molar-refractivity contribution in [1.29, 1.82) is 0 Å². The summed E-state index contributed by atoms with van der Waals surface area (Å²) >= 11 is 0. The van der Waals surface area contributed by atoms with Gasteiger partial charge in [-0.3, -0.25) is 4.79 Å². The number of rotatable bonds is 11. The van der Waals surface area contributed by atoms with Crippen molar-refractivity contribution >= 4 is 11.6 Å². The van der Waals surface area contributed by atoms with Crippen LogP contribution in [0.25, 0.3) is 0 Å². The first-order chi connectivity index (χ1) is 12.5. The molecule has 0 saturated heterocycles. The van der Waals surface area contributed by atoms with Gasteiger partial charge in [-0.2, -0.15) is 0 Å². The summed E-state index contributed by atoms with van der Waals surface area (Å²) in [5.74, 6) is 0.0276. The lowest BCUT2D eigenvalue weighted by Gasteiger charge is -2.13. The predicted molar refractivity (Wildman–Crippen MR) is 109 cm³/mol. The molecule has 0 aromatic heterocycles. The van der Waals surface area contributed by atoms with Crippen molar-refractivity contribution in [2.75, 3.05) is 18.4 Å². The van der Waals surface area contributed by atoms with Gasteiger partial charge in [0.15, 0.2) is 0 Å². The molecule has 0 aliphatic heterocycles. The lowest BCUT2D eigenvalue weighted by Crippen LogP contribution is -2.28. The number of hydrogen-bond acceptors (Lipinski definition) is 5. The number of anilines is 1. The summed E-state index contributed by atoms with van der Waals surface area (Å²) in [6.07, 6.45) is 9.01. The Kier molecular flexibility index (Phi) is 9.94. The number of benzene rings is 1. The molecular formula is C20H33N5O. The van der Waals surface area contributed by atoms with Gasteiger partial charge in [-0.05, 0) is 63.1 Å². The summed E-state index contributed by atoms with van der Waals surface area (Å²) in [5.41, 5.74) is 19.9. The van der Waals surface area contributed by atoms with Crippen LogP contribution in [0.4, 0.5) is 5.69 Å². The van der Waals surface area contributed by atoms with Gasteiger partial charge in [-0.25, -0.2) is 0 Å². The normalized spacial score (nSPS) is 12.1. The molecule has 1 aromatic carbocycles. The fraction of sp³-hybridized carbons (Fsp3) is 0.450. The third-order valence-electron chi connectivity index (χ3n) is 4.06. The second-order valence-electron chi connectivity index (χ2n) is 6.45. The molecule has 0 bridgehead atoms. The molecule has 6 nitrogen and oxygen atoms in total. The summed E-state index contributed by atoms with van der Waals surface area (Å²) in [7, 11) is 0. The second kappa shape index (κ2) is 12.0. The van der Waals surface area contributed by atoms with Crippen molar-refractivity contribution in [3.63, 3.8) is 0 Å². The minimum atomic E-state index is -0.232. The quantitative estimate of drug-likeness (QED) is 0.307. The minimum absolute atomic E-state index is 0.232. The van der Waals surface area contributed by atoms with E-state index in [0.29, 0.717) is 11.3 Å². The van der Waals surface area contributed by atoms with E-state index in [-0.39, 0.29) is 11.7 Å². The smallest absolute Gasteiger partial charge is 0.257 e. The van der Waals surface area contributed by atoms with Crippen LogP contribution in [0.15, 0.2) is 41.9 Å². The first-order valence-electron chi connectivity index (χ1n) is 9.20. The molecule has 6 heteroatoms. The number of unbranched alkanes of at least 4 members (excludes halogenated alkanes) is 4. The van der Waals surface area contributed by atoms with Crippen molar-refractivity contribution in [2.45, 2.75) is 46.0 Å². The van der Waals surface area contributed by atoms with Gasteiger partial charge in [0, 0.05) is 23.5 Å². The molecule has 1 rings (SSSR count). The van der Waals surface area contributed by atoms with E-state index >= 15 is 0 Å². The Morgan fingerprint density at radius 3 is 2.46 bits per heavy atom. The first-order valence-corrected chi connectivity index (χ1v) is 9.20. The van der Waals surface area contributed by atoms with Gasteiger partial charge in [0.25, 0.3) is 5.91 Å². The Bertz CT molecular complexity index is 633. The van der Waals surface area contributed by atoms with Gasteiger partial charge in [0.05, 0.1) is 0 Å². The van der Waals surface area contributed by atoms with Gasteiger partial charge in [0.1, 0.15) is 5.82 Å². The Hall–Kier alpha value is -2.47. The molecule has 0 heterocycles. The molecule has 0 saturated carbocycles. The third kappa shape index (κ3) is 8.07. The van der Waals surface area contributed by atoms with Crippen molar-refractivity contribution in [3.8, 4) is 0 Å². The molecule has 0 atom stereocenters. The summed E-state index contributed by atoms with van der Waals surface area (Å²) < 4.78 is 0. The maximum absolute atomic E-state index is 12.4. The van der Waals surface area contributed by atoms with Crippen molar-refractivity contribution in [2.24, 2.45) is 17.2 Å². The number of nitrogens with two attached hydrogens (primary N) is 3. The standard InChI is InChI=1S/C20H33N5O/c1-15(22)11-12-19(23)25-20(26)17-9-8-10-18(16(17)2)24-14-7-5-3-4-6-13-21/h8-12,24H,3-7,13-14,21-23H2,1-2H3,(H,25,26)/b15-11-,19-12+. The van der Waals surface area contributed by atoms with Crippen LogP contribution in [0, 0.1) is 6.92 Å². The zero-order valence-corrected chi connectivity index (χ0v) is 16.0. The highest BCUT2D eigenvalue weighted by Crippen LogP contribution is 2.19. The van der Waals surface area contributed by atoms with Crippen molar-refractivity contribution < 1.29 is 4.79 Å². The predicted octanol–water partition coefficient (Wildman–Crippen LogP) is 2.71. The molecule has 1 amide bonds. The number of amides is 1. The number of nitrogens with one attached hydrogen (secondary N) is 2. The zero-order chi connectivity index (χ0) is 19.4. The van der Waals surface area contributed by atoms with Crippen molar-refractivity contribution in [3.05, 3.63) is 53.0 Å². The van der Waals surface area contributed by atoms with Crippen LogP contribution in [0.5, 0.6) is 0 Å². The van der Waals surface area contributed by atoms with E-state index in [1.54, 1.807) is 25.1 Å². The highest BCUT2D eigenvalue weighted by atomic mass is 16.1. The molecule has 144 valence electrons. The Labute approximate surface area is 156 Å². The molecule has 0 aliphatic rings. The highest BCUT2D eigenvalue weighted by Gasteiger charge is 2.11. The summed E-state index contributed by atoms with van der Waals surface area (Å²) in [4.78, 5) is 12.4. The lowest BCUT2D eigenvalue weighted by atomic mass is 10.1. The van der Waals surface area contributed by atoms with Gasteiger partial charge >= 0.3 is 0 Å². The van der Waals surface area contributed by atoms with Crippen LogP contribution < -0.4 is 27.8 Å². The monoisotopic (exact) mass is 359 g/mol. The number of allylic oxidation sites excluding steroid dienone is 3. The van der Waals surface area contributed by atoms with Gasteiger partial charge < -0.3 is 27.8 Å². The molecule has 1 aromatic rings. The Morgan fingerprint density at radius 2 is 1.77 bits per heavy atom. The number of carbonyl (C=O) groups excluding carboxylic acids is 1. The molecule has 0 spiro atoms. The van der Waals surface area contributed by atoms with Gasteiger partial charge in [0.2, 0.25) is 0 Å². The van der Waals surface area contributed by atoms with E-state index in [1.165, 1.54) is 19.3 Å². The lowest BCUT2D eigenvalue weighted by molar-refractivity contribution is 0.0965. The van der Waals surface area contributed by atoms with Crippen LogP contribution in [0.2, 0.25) is 0 Å². The molecule has 0 radical (unpaired) electrons. The van der Waals surface area contributed by atoms with Crippen LogP contribution in [0.3, 0.4) is 0 Å². The summed E-state index contributed by atoms with van der Waals surface area (Å²) in [6, 6.07) is 5.65. The molecule has 0 aliphatic carbocycles. The molecule has 0 unspecified atom stereocenters. The second-order valence-corrected chi connectivity index (χ2v) is 6.45. The largest absolute Gasteiger partial charge is 0.402 e. The SMILES string of the molecule is C/C(N)=C/C=C(\N)NC(=O)c1cccc(NCCCCCCCN)c1C. The summed E-state index contributed by atoms with van der Waals surface area (Å²) in [6.45, 7) is 5.34. The zero-order valence-electron chi connectivity index (χ0n) is 16.0. The van der Waals surface area contributed by atoms with Crippen LogP contribution in [-0.4, -0.2) is 19.0 Å². The van der Waals surface area contributed by atoms with Crippen molar-refractivity contribution in [1.82, 2.24) is 5.32 Å². The van der Waals surface area contributed by atoms with E-state index in [0.717, 1.165) is 37.2 Å². The molecule has 26 heavy (non-hydrogen) atoms. The van der Waals surface area contributed by atoms with E-state index in [2.05, 4.69) is 10.6 Å². The minimum Gasteiger partial charge on any atom is -0.402 e. The fourth-order valence-corrected chi connectivity index (χ4v) is 2.56. The maximum atomic E-state index is 12.4. The summed E-state index contributed by atoms with van der Waals surface area (Å²) in [5, 5.41) is 6.09.